The van der Waals surface area contributed by atoms with Crippen molar-refractivity contribution in [1.29, 1.82) is 0 Å². The standard InChI is InChI=1S/C20H40OTe/c1-3-5-6-7-8-9-10-11-12-13-14-15-16-17-18-19-20(21)22-4-2/h3-19H2,1-2H3. The summed E-state index contributed by atoms with van der Waals surface area (Å²) in [4.78, 5) is 11.4. The molecule has 0 aromatic rings. The third-order valence-electron chi connectivity index (χ3n) is 4.29. The molecule has 0 aliphatic carbocycles. The normalized spacial score (nSPS) is 11.0. The zero-order chi connectivity index (χ0) is 16.3. The van der Waals surface area contributed by atoms with Crippen molar-refractivity contribution < 1.29 is 4.79 Å². The van der Waals surface area contributed by atoms with Crippen LogP contribution in [0.2, 0.25) is 4.47 Å². The van der Waals surface area contributed by atoms with E-state index in [1.54, 1.807) is 0 Å². The summed E-state index contributed by atoms with van der Waals surface area (Å²) in [5.41, 5.74) is 0. The van der Waals surface area contributed by atoms with E-state index in [0.717, 1.165) is 17.3 Å². The molecule has 0 aliphatic rings. The Kier molecular flexibility index (Phi) is 19.9. The van der Waals surface area contributed by atoms with Gasteiger partial charge in [-0.1, -0.05) is 39.0 Å². The molecule has 0 amide bonds. The van der Waals surface area contributed by atoms with Crippen molar-refractivity contribution in [2.45, 2.75) is 121 Å². The Hall–Kier alpha value is 0.460. The summed E-state index contributed by atoms with van der Waals surface area (Å²) in [7, 11) is 0. The molecule has 0 aliphatic heterocycles. The second-order valence-electron chi connectivity index (χ2n) is 6.50. The van der Waals surface area contributed by atoms with Gasteiger partial charge in [0.2, 0.25) is 0 Å². The Bertz CT molecular complexity index is 228. The summed E-state index contributed by atoms with van der Waals surface area (Å²) in [5.74, 6) is 0. The zero-order valence-corrected chi connectivity index (χ0v) is 17.7. The van der Waals surface area contributed by atoms with Crippen LogP contribution in [-0.4, -0.2) is 24.8 Å². The molecule has 0 N–H and O–H groups in total. The fourth-order valence-electron chi connectivity index (χ4n) is 2.87. The SMILES string of the molecule is CCCCCCCCCCCCCCCCCC(=O)[Te]CC. The van der Waals surface area contributed by atoms with Crippen molar-refractivity contribution in [3.05, 3.63) is 0 Å². The van der Waals surface area contributed by atoms with Gasteiger partial charge in [0.25, 0.3) is 0 Å². The van der Waals surface area contributed by atoms with Crippen LogP contribution in [0.4, 0.5) is 0 Å². The molecule has 132 valence electrons. The van der Waals surface area contributed by atoms with Gasteiger partial charge in [-0.2, -0.15) is 0 Å². The molecule has 0 fully saturated rings. The number of carbonyl (C=O) groups is 1. The van der Waals surface area contributed by atoms with Gasteiger partial charge in [-0.05, 0) is 0 Å². The summed E-state index contributed by atoms with van der Waals surface area (Å²) < 4.78 is 1.74. The Morgan fingerprint density at radius 3 is 1.32 bits per heavy atom. The Labute approximate surface area is 150 Å². The van der Waals surface area contributed by atoms with Crippen LogP contribution in [0, 0.1) is 0 Å². The summed E-state index contributed by atoms with van der Waals surface area (Å²) in [5, 5.41) is 0. The van der Waals surface area contributed by atoms with Gasteiger partial charge in [0.05, 0.1) is 0 Å². The van der Waals surface area contributed by atoms with E-state index in [0.29, 0.717) is 3.83 Å². The molecule has 1 nitrogen and oxygen atoms in total. The van der Waals surface area contributed by atoms with Gasteiger partial charge < -0.3 is 0 Å². The topological polar surface area (TPSA) is 17.1 Å². The van der Waals surface area contributed by atoms with Crippen molar-refractivity contribution in [2.24, 2.45) is 0 Å². The first-order valence-corrected chi connectivity index (χ1v) is 12.8. The van der Waals surface area contributed by atoms with Gasteiger partial charge in [-0.15, -0.1) is 0 Å². The average molecular weight is 424 g/mol. The van der Waals surface area contributed by atoms with Gasteiger partial charge >= 0.3 is 112 Å². The molecule has 0 atom stereocenters. The third-order valence-corrected chi connectivity index (χ3v) is 6.62. The zero-order valence-electron chi connectivity index (χ0n) is 15.3. The molecular weight excluding hydrogens is 384 g/mol. The van der Waals surface area contributed by atoms with E-state index in [1.165, 1.54) is 89.9 Å². The van der Waals surface area contributed by atoms with Crippen molar-refractivity contribution in [2.75, 3.05) is 0 Å². The van der Waals surface area contributed by atoms with Crippen LogP contribution in [0.1, 0.15) is 117 Å². The van der Waals surface area contributed by atoms with Crippen LogP contribution in [0.15, 0.2) is 0 Å². The van der Waals surface area contributed by atoms with Crippen molar-refractivity contribution in [3.8, 4) is 0 Å². The van der Waals surface area contributed by atoms with Gasteiger partial charge in [0.15, 0.2) is 0 Å². The molecule has 0 bridgehead atoms. The van der Waals surface area contributed by atoms with E-state index in [4.69, 9.17) is 0 Å². The second kappa shape index (κ2) is 19.5. The molecule has 0 heterocycles. The van der Waals surface area contributed by atoms with Crippen LogP contribution in [0.5, 0.6) is 0 Å². The monoisotopic (exact) mass is 426 g/mol. The van der Waals surface area contributed by atoms with Gasteiger partial charge in [0, 0.05) is 0 Å². The van der Waals surface area contributed by atoms with E-state index in [-0.39, 0.29) is 20.9 Å². The summed E-state index contributed by atoms with van der Waals surface area (Å²) in [6, 6.07) is 0. The first kappa shape index (κ1) is 22.5. The van der Waals surface area contributed by atoms with Crippen LogP contribution >= 0.6 is 0 Å². The van der Waals surface area contributed by atoms with E-state index in [1.807, 2.05) is 0 Å². The molecule has 22 heavy (non-hydrogen) atoms. The fraction of sp³-hybridized carbons (Fsp3) is 0.950. The van der Waals surface area contributed by atoms with Crippen molar-refractivity contribution in [3.63, 3.8) is 0 Å². The number of carbonyl (C=O) groups excluding carboxylic acids is 1. The van der Waals surface area contributed by atoms with Crippen molar-refractivity contribution in [1.82, 2.24) is 0 Å². The quantitative estimate of drug-likeness (QED) is 0.173. The number of rotatable bonds is 18. The van der Waals surface area contributed by atoms with Crippen LogP contribution in [0.3, 0.4) is 0 Å². The van der Waals surface area contributed by atoms with Gasteiger partial charge in [-0.3, -0.25) is 0 Å². The van der Waals surface area contributed by atoms with E-state index >= 15 is 0 Å². The molecular formula is C20H40OTe. The van der Waals surface area contributed by atoms with Crippen LogP contribution in [0.25, 0.3) is 0 Å². The Morgan fingerprint density at radius 1 is 0.591 bits per heavy atom. The second-order valence-corrected chi connectivity index (χ2v) is 10.3. The van der Waals surface area contributed by atoms with E-state index in [9.17, 15) is 4.79 Å². The molecule has 0 aromatic heterocycles. The minimum atomic E-state index is -0.284. The molecule has 0 spiro atoms. The molecule has 0 saturated heterocycles. The molecule has 0 rings (SSSR count). The number of hydrogen-bond donors (Lipinski definition) is 0. The maximum absolute atomic E-state index is 11.4. The number of hydrogen-bond acceptors (Lipinski definition) is 1. The average Bonchev–Trinajstić information content (AvgIpc) is 2.51. The third kappa shape index (κ3) is 18.5. The molecule has 0 unspecified atom stereocenters. The molecule has 0 aromatic carbocycles. The van der Waals surface area contributed by atoms with Gasteiger partial charge in [0.1, 0.15) is 0 Å². The predicted octanol–water partition coefficient (Wildman–Crippen LogP) is 6.92. The van der Waals surface area contributed by atoms with E-state index in [2.05, 4.69) is 13.8 Å². The summed E-state index contributed by atoms with van der Waals surface area (Å²) in [6.45, 7) is 4.43. The summed E-state index contributed by atoms with van der Waals surface area (Å²) >= 11 is -0.284. The predicted molar refractivity (Wildman–Crippen MR) is 101 cm³/mol. The fourth-order valence-corrected chi connectivity index (χ4v) is 4.62. The molecule has 0 radical (unpaired) electrons. The van der Waals surface area contributed by atoms with Crippen molar-refractivity contribution >= 4 is 24.8 Å². The number of unbranched alkanes of at least 4 members (excludes halogenated alkanes) is 14. The first-order chi connectivity index (χ1) is 10.8. The van der Waals surface area contributed by atoms with Gasteiger partial charge in [-0.25, -0.2) is 0 Å². The minimum absolute atomic E-state index is 0.284. The van der Waals surface area contributed by atoms with Crippen LogP contribution < -0.4 is 0 Å². The molecule has 2 heteroatoms. The first-order valence-electron chi connectivity index (χ1n) is 9.96. The van der Waals surface area contributed by atoms with E-state index < -0.39 is 0 Å². The Morgan fingerprint density at radius 2 is 0.955 bits per heavy atom. The maximum atomic E-state index is 11.4. The summed E-state index contributed by atoms with van der Waals surface area (Å²) in [6.07, 6.45) is 21.8. The molecule has 0 saturated carbocycles. The Balaban J connectivity index is 3.01. The van der Waals surface area contributed by atoms with Crippen LogP contribution in [-0.2, 0) is 4.79 Å².